The molecule has 0 amide bonds. The second-order valence-electron chi connectivity index (χ2n) is 7.43. The number of nitrogens with zero attached hydrogens (tertiary/aromatic N) is 1. The van der Waals surface area contributed by atoms with Crippen molar-refractivity contribution in [1.29, 1.82) is 0 Å². The zero-order chi connectivity index (χ0) is 15.9. The van der Waals surface area contributed by atoms with Gasteiger partial charge in [-0.2, -0.15) is 4.73 Å². The fourth-order valence-corrected chi connectivity index (χ4v) is 3.39. The normalized spacial score (nSPS) is 12.6. The predicted octanol–water partition coefficient (Wildman–Crippen LogP) is 4.06. The van der Waals surface area contributed by atoms with Crippen molar-refractivity contribution in [2.24, 2.45) is 5.41 Å². The average molecular weight is 277 g/mol. The topological polar surface area (TPSA) is 42.2 Å². The lowest BCUT2D eigenvalue weighted by molar-refractivity contribution is 0.166. The van der Waals surface area contributed by atoms with Gasteiger partial charge in [0.15, 0.2) is 5.43 Å². The molecule has 20 heavy (non-hydrogen) atoms. The summed E-state index contributed by atoms with van der Waals surface area (Å²) in [5.74, 6) is 0. The molecule has 112 valence electrons. The molecule has 0 aromatic carbocycles. The van der Waals surface area contributed by atoms with Crippen molar-refractivity contribution in [3.8, 4) is 0 Å². The Labute approximate surface area is 121 Å². The monoisotopic (exact) mass is 277 g/mol. The maximum Gasteiger partial charge on any atom is 0.193 e. The molecule has 1 aromatic rings. The third-order valence-electron chi connectivity index (χ3n) is 3.71. The van der Waals surface area contributed by atoms with Crippen LogP contribution in [0.5, 0.6) is 0 Å². The van der Waals surface area contributed by atoms with Crippen LogP contribution in [0.2, 0.25) is 0 Å². The Kier molecular flexibility index (Phi) is 4.23. The Morgan fingerprint density at radius 2 is 1.65 bits per heavy atom. The van der Waals surface area contributed by atoms with Crippen molar-refractivity contribution >= 4 is 6.08 Å². The standard InChI is InChI=1S/C17H27NO2/c1-9-13-11(2)18(20)12(3)14(15(13)19)17(7,8)10-16(4,5)6/h9,20H,1,10H2,2-8H3. The quantitative estimate of drug-likeness (QED) is 0.847. The van der Waals surface area contributed by atoms with Crippen LogP contribution in [0.4, 0.5) is 0 Å². The van der Waals surface area contributed by atoms with Crippen molar-refractivity contribution in [2.75, 3.05) is 0 Å². The molecule has 1 rings (SSSR count). The Morgan fingerprint density at radius 3 is 2.05 bits per heavy atom. The van der Waals surface area contributed by atoms with E-state index < -0.39 is 0 Å². The lowest BCUT2D eigenvalue weighted by atomic mass is 9.71. The first kappa shape index (κ1) is 16.5. The molecular formula is C17H27NO2. The van der Waals surface area contributed by atoms with Crippen LogP contribution in [0, 0.1) is 19.3 Å². The molecule has 1 N–H and O–H groups in total. The molecule has 0 atom stereocenters. The highest BCUT2D eigenvalue weighted by Crippen LogP contribution is 2.36. The number of aromatic nitrogens is 1. The fraction of sp³-hybridized carbons (Fsp3) is 0.588. The minimum atomic E-state index is -0.310. The zero-order valence-corrected chi connectivity index (χ0v) is 13.8. The summed E-state index contributed by atoms with van der Waals surface area (Å²) in [4.78, 5) is 12.7. The molecule has 1 heterocycles. The molecule has 0 saturated carbocycles. The molecule has 0 bridgehead atoms. The van der Waals surface area contributed by atoms with Gasteiger partial charge in [0, 0.05) is 11.1 Å². The van der Waals surface area contributed by atoms with E-state index in [-0.39, 0.29) is 16.3 Å². The second-order valence-corrected chi connectivity index (χ2v) is 7.43. The summed E-state index contributed by atoms with van der Waals surface area (Å²) in [6, 6.07) is 0. The van der Waals surface area contributed by atoms with Crippen LogP contribution < -0.4 is 5.43 Å². The highest BCUT2D eigenvalue weighted by molar-refractivity contribution is 5.52. The van der Waals surface area contributed by atoms with Gasteiger partial charge in [-0.3, -0.25) is 4.79 Å². The van der Waals surface area contributed by atoms with Crippen molar-refractivity contribution in [3.63, 3.8) is 0 Å². The summed E-state index contributed by atoms with van der Waals surface area (Å²) in [6.45, 7) is 17.8. The van der Waals surface area contributed by atoms with E-state index in [1.165, 1.54) is 6.08 Å². The summed E-state index contributed by atoms with van der Waals surface area (Å²) in [7, 11) is 0. The molecule has 0 fully saturated rings. The van der Waals surface area contributed by atoms with Crippen LogP contribution in [-0.4, -0.2) is 9.94 Å². The highest BCUT2D eigenvalue weighted by atomic mass is 16.5. The first-order valence-electron chi connectivity index (χ1n) is 7.01. The van der Waals surface area contributed by atoms with Gasteiger partial charge in [-0.15, -0.1) is 0 Å². The van der Waals surface area contributed by atoms with Crippen LogP contribution >= 0.6 is 0 Å². The van der Waals surface area contributed by atoms with Gasteiger partial charge in [0.2, 0.25) is 0 Å². The van der Waals surface area contributed by atoms with E-state index in [2.05, 4.69) is 41.2 Å². The predicted molar refractivity (Wildman–Crippen MR) is 84.5 cm³/mol. The second kappa shape index (κ2) is 5.12. The number of hydrogen-bond acceptors (Lipinski definition) is 2. The van der Waals surface area contributed by atoms with Gasteiger partial charge in [0.05, 0.1) is 11.4 Å². The fourth-order valence-electron chi connectivity index (χ4n) is 3.39. The molecule has 0 radical (unpaired) electrons. The van der Waals surface area contributed by atoms with Crippen molar-refractivity contribution in [2.45, 2.75) is 60.3 Å². The molecule has 3 heteroatoms. The lowest BCUT2D eigenvalue weighted by Crippen LogP contribution is -2.35. The minimum absolute atomic E-state index is 0.0189. The minimum Gasteiger partial charge on any atom is -0.428 e. The lowest BCUT2D eigenvalue weighted by Gasteiger charge is -2.34. The Bertz CT molecular complexity index is 586. The van der Waals surface area contributed by atoms with Crippen molar-refractivity contribution < 1.29 is 5.21 Å². The van der Waals surface area contributed by atoms with Crippen LogP contribution in [0.1, 0.15) is 63.6 Å². The highest BCUT2D eigenvalue weighted by Gasteiger charge is 2.32. The van der Waals surface area contributed by atoms with Gasteiger partial charge >= 0.3 is 0 Å². The summed E-state index contributed by atoms with van der Waals surface area (Å²) in [5.41, 5.74) is 2.09. The van der Waals surface area contributed by atoms with Crippen LogP contribution in [0.25, 0.3) is 6.08 Å². The molecule has 3 nitrogen and oxygen atoms in total. The van der Waals surface area contributed by atoms with Crippen LogP contribution in [0.3, 0.4) is 0 Å². The maximum absolute atomic E-state index is 12.7. The van der Waals surface area contributed by atoms with Gasteiger partial charge in [-0.1, -0.05) is 47.3 Å². The molecule has 0 saturated heterocycles. The van der Waals surface area contributed by atoms with E-state index in [0.717, 1.165) is 11.2 Å². The molecule has 0 unspecified atom stereocenters. The molecule has 0 aliphatic rings. The van der Waals surface area contributed by atoms with E-state index in [0.29, 0.717) is 22.5 Å². The number of rotatable bonds is 3. The Balaban J connectivity index is 3.65. The van der Waals surface area contributed by atoms with E-state index in [1.807, 2.05) is 0 Å². The van der Waals surface area contributed by atoms with E-state index in [4.69, 9.17) is 0 Å². The van der Waals surface area contributed by atoms with Gasteiger partial charge in [0.25, 0.3) is 0 Å². The third-order valence-corrected chi connectivity index (χ3v) is 3.71. The molecule has 0 aliphatic carbocycles. The summed E-state index contributed by atoms with van der Waals surface area (Å²) in [5, 5.41) is 10.2. The zero-order valence-electron chi connectivity index (χ0n) is 13.8. The largest absolute Gasteiger partial charge is 0.428 e. The molecule has 0 aliphatic heterocycles. The first-order valence-corrected chi connectivity index (χ1v) is 7.01. The molecular weight excluding hydrogens is 250 g/mol. The number of pyridine rings is 1. The third kappa shape index (κ3) is 2.97. The smallest absolute Gasteiger partial charge is 0.193 e. The Hall–Kier alpha value is -1.51. The first-order chi connectivity index (χ1) is 8.92. The summed E-state index contributed by atoms with van der Waals surface area (Å²) in [6.07, 6.45) is 2.39. The van der Waals surface area contributed by atoms with Crippen LogP contribution in [-0.2, 0) is 5.41 Å². The molecule has 0 spiro atoms. The van der Waals surface area contributed by atoms with Crippen molar-refractivity contribution in [3.05, 3.63) is 39.3 Å². The van der Waals surface area contributed by atoms with Gasteiger partial charge in [-0.05, 0) is 31.1 Å². The van der Waals surface area contributed by atoms with Crippen molar-refractivity contribution in [1.82, 2.24) is 4.73 Å². The van der Waals surface area contributed by atoms with Crippen LogP contribution in [0.15, 0.2) is 11.4 Å². The Morgan fingerprint density at radius 1 is 1.15 bits per heavy atom. The number of hydrogen-bond donors (Lipinski definition) is 1. The maximum atomic E-state index is 12.7. The van der Waals surface area contributed by atoms with E-state index in [1.54, 1.807) is 13.8 Å². The van der Waals surface area contributed by atoms with E-state index >= 15 is 0 Å². The van der Waals surface area contributed by atoms with E-state index in [9.17, 15) is 10.0 Å². The van der Waals surface area contributed by atoms with Gasteiger partial charge in [0.1, 0.15) is 0 Å². The van der Waals surface area contributed by atoms with Gasteiger partial charge < -0.3 is 5.21 Å². The summed E-state index contributed by atoms with van der Waals surface area (Å²) >= 11 is 0. The SMILES string of the molecule is C=Cc1c(C)n(O)c(C)c(C(C)(C)CC(C)(C)C)c1=O. The average Bonchev–Trinajstić information content (AvgIpc) is 2.23. The molecule has 1 aromatic heterocycles. The summed E-state index contributed by atoms with van der Waals surface area (Å²) < 4.78 is 1.11. The van der Waals surface area contributed by atoms with Gasteiger partial charge in [-0.25, -0.2) is 0 Å².